The molecule has 112 valence electrons. The Balaban J connectivity index is 1.55. The molecular formula is C15H17FN2O3. The van der Waals surface area contributed by atoms with Crippen LogP contribution < -0.4 is 5.32 Å². The van der Waals surface area contributed by atoms with Gasteiger partial charge in [-0.25, -0.2) is 4.39 Å². The molecule has 21 heavy (non-hydrogen) atoms. The summed E-state index contributed by atoms with van der Waals surface area (Å²) in [6.45, 7) is 1.35. The minimum absolute atomic E-state index is 0.166. The summed E-state index contributed by atoms with van der Waals surface area (Å²) < 4.78 is 12.8. The number of hydrogen-bond donors (Lipinski definition) is 2. The van der Waals surface area contributed by atoms with Gasteiger partial charge in [-0.05, 0) is 49.6 Å². The highest BCUT2D eigenvalue weighted by Crippen LogP contribution is 2.57. The number of amides is 1. The van der Waals surface area contributed by atoms with E-state index in [-0.39, 0.29) is 24.2 Å². The van der Waals surface area contributed by atoms with Gasteiger partial charge in [-0.3, -0.25) is 14.5 Å². The number of piperidine rings is 1. The third-order valence-corrected chi connectivity index (χ3v) is 4.45. The van der Waals surface area contributed by atoms with Crippen molar-refractivity contribution in [1.82, 2.24) is 4.90 Å². The molecule has 1 saturated heterocycles. The maximum Gasteiger partial charge on any atom is 0.311 e. The zero-order valence-corrected chi connectivity index (χ0v) is 11.5. The van der Waals surface area contributed by atoms with Gasteiger partial charge in [-0.1, -0.05) is 0 Å². The van der Waals surface area contributed by atoms with Crippen molar-refractivity contribution in [3.8, 4) is 0 Å². The van der Waals surface area contributed by atoms with Crippen LogP contribution in [0.15, 0.2) is 24.3 Å². The molecular weight excluding hydrogens is 275 g/mol. The van der Waals surface area contributed by atoms with E-state index in [0.717, 1.165) is 19.4 Å². The highest BCUT2D eigenvalue weighted by molar-refractivity contribution is 5.92. The van der Waals surface area contributed by atoms with E-state index in [0.29, 0.717) is 12.2 Å². The number of benzene rings is 1. The van der Waals surface area contributed by atoms with Gasteiger partial charge in [-0.15, -0.1) is 0 Å². The van der Waals surface area contributed by atoms with Crippen LogP contribution in [0.25, 0.3) is 0 Å². The van der Waals surface area contributed by atoms with E-state index in [1.807, 2.05) is 4.90 Å². The van der Waals surface area contributed by atoms with Gasteiger partial charge < -0.3 is 10.4 Å². The maximum atomic E-state index is 12.8. The lowest BCUT2D eigenvalue weighted by atomic mass is 9.97. The first-order valence-electron chi connectivity index (χ1n) is 7.01. The Morgan fingerprint density at radius 1 is 1.38 bits per heavy atom. The number of carboxylic acid groups (broad SMARTS) is 1. The Morgan fingerprint density at radius 2 is 2.10 bits per heavy atom. The summed E-state index contributed by atoms with van der Waals surface area (Å²) in [6, 6.07) is 5.56. The van der Waals surface area contributed by atoms with Gasteiger partial charge in [0.25, 0.3) is 0 Å². The first-order chi connectivity index (χ1) is 9.99. The molecule has 2 unspecified atom stereocenters. The number of anilines is 1. The lowest BCUT2D eigenvalue weighted by Gasteiger charge is -2.29. The van der Waals surface area contributed by atoms with E-state index < -0.39 is 11.4 Å². The zero-order chi connectivity index (χ0) is 15.0. The van der Waals surface area contributed by atoms with E-state index in [1.54, 1.807) is 0 Å². The second-order valence-electron chi connectivity index (χ2n) is 5.92. The number of rotatable bonds is 4. The average molecular weight is 292 g/mol. The second-order valence-corrected chi connectivity index (χ2v) is 5.92. The summed E-state index contributed by atoms with van der Waals surface area (Å²) >= 11 is 0. The normalized spacial score (nSPS) is 27.8. The molecule has 1 aromatic rings. The molecule has 5 nitrogen and oxygen atoms in total. The molecule has 0 aromatic heterocycles. The lowest BCUT2D eigenvalue weighted by molar-refractivity contribution is -0.146. The van der Waals surface area contributed by atoms with E-state index >= 15 is 0 Å². The van der Waals surface area contributed by atoms with Crippen LogP contribution >= 0.6 is 0 Å². The van der Waals surface area contributed by atoms with Crippen molar-refractivity contribution >= 4 is 17.6 Å². The van der Waals surface area contributed by atoms with Crippen molar-refractivity contribution in [2.45, 2.75) is 12.8 Å². The van der Waals surface area contributed by atoms with Crippen molar-refractivity contribution in [3.63, 3.8) is 0 Å². The topological polar surface area (TPSA) is 69.6 Å². The lowest BCUT2D eigenvalue weighted by Crippen LogP contribution is -2.44. The molecule has 1 amide bonds. The number of nitrogens with zero attached hydrogens (tertiary/aromatic N) is 1. The SMILES string of the molecule is O=C(CN1CCC2CC2(C(=O)O)C1)Nc1ccc(F)cc1. The predicted molar refractivity (Wildman–Crippen MR) is 74.3 cm³/mol. The van der Waals surface area contributed by atoms with Crippen LogP contribution in [0.4, 0.5) is 10.1 Å². The Morgan fingerprint density at radius 3 is 2.76 bits per heavy atom. The molecule has 3 rings (SSSR count). The summed E-state index contributed by atoms with van der Waals surface area (Å²) in [5.41, 5.74) is -0.0929. The Bertz CT molecular complexity index is 575. The van der Waals surface area contributed by atoms with Gasteiger partial charge in [0.15, 0.2) is 0 Å². The number of carbonyl (C=O) groups excluding carboxylic acids is 1. The highest BCUT2D eigenvalue weighted by atomic mass is 19.1. The summed E-state index contributed by atoms with van der Waals surface area (Å²) in [4.78, 5) is 25.2. The first kappa shape index (κ1) is 14.0. The standard InChI is InChI=1S/C15H17FN2O3/c16-11-1-3-12(4-2-11)17-13(19)8-18-6-5-10-7-15(10,9-18)14(20)21/h1-4,10H,5-9H2,(H,17,19)(H,20,21). The number of halogens is 1. The quantitative estimate of drug-likeness (QED) is 0.883. The Labute approximate surface area is 121 Å². The van der Waals surface area contributed by atoms with Gasteiger partial charge in [0, 0.05) is 12.2 Å². The summed E-state index contributed by atoms with van der Waals surface area (Å²) in [5.74, 6) is -1.05. The molecule has 1 saturated carbocycles. The third-order valence-electron chi connectivity index (χ3n) is 4.45. The molecule has 6 heteroatoms. The smallest absolute Gasteiger partial charge is 0.311 e. The minimum atomic E-state index is -0.754. The average Bonchev–Trinajstić information content (AvgIpc) is 3.16. The van der Waals surface area contributed by atoms with Gasteiger partial charge in [0.05, 0.1) is 12.0 Å². The number of likely N-dealkylation sites (tertiary alicyclic amines) is 1. The van der Waals surface area contributed by atoms with E-state index in [2.05, 4.69) is 5.32 Å². The summed E-state index contributed by atoms with van der Waals surface area (Å²) in [5, 5.41) is 12.0. The van der Waals surface area contributed by atoms with E-state index in [4.69, 9.17) is 0 Å². The number of aliphatic carboxylic acids is 1. The fourth-order valence-corrected chi connectivity index (χ4v) is 3.17. The van der Waals surface area contributed by atoms with Crippen LogP contribution in [0.2, 0.25) is 0 Å². The van der Waals surface area contributed by atoms with E-state index in [9.17, 15) is 19.1 Å². The number of carboxylic acids is 1. The molecule has 0 spiro atoms. The summed E-state index contributed by atoms with van der Waals surface area (Å²) in [6.07, 6.45) is 1.55. The van der Waals surface area contributed by atoms with Crippen LogP contribution in [-0.2, 0) is 9.59 Å². The molecule has 0 radical (unpaired) electrons. The largest absolute Gasteiger partial charge is 0.481 e. The monoisotopic (exact) mass is 292 g/mol. The number of nitrogens with one attached hydrogen (secondary N) is 1. The minimum Gasteiger partial charge on any atom is -0.481 e. The van der Waals surface area contributed by atoms with Gasteiger partial charge >= 0.3 is 5.97 Å². The number of carbonyl (C=O) groups is 2. The van der Waals surface area contributed by atoms with Crippen LogP contribution in [0.5, 0.6) is 0 Å². The van der Waals surface area contributed by atoms with Crippen LogP contribution in [0.1, 0.15) is 12.8 Å². The van der Waals surface area contributed by atoms with Crippen molar-refractivity contribution in [2.75, 3.05) is 25.0 Å². The summed E-state index contributed by atoms with van der Waals surface area (Å²) in [7, 11) is 0. The molecule has 2 aliphatic rings. The van der Waals surface area contributed by atoms with Gasteiger partial charge in [0.1, 0.15) is 5.82 Å². The van der Waals surface area contributed by atoms with Crippen LogP contribution in [0.3, 0.4) is 0 Å². The van der Waals surface area contributed by atoms with Crippen molar-refractivity contribution < 1.29 is 19.1 Å². The molecule has 0 bridgehead atoms. The molecule has 2 fully saturated rings. The van der Waals surface area contributed by atoms with Gasteiger partial charge in [-0.2, -0.15) is 0 Å². The molecule has 1 aliphatic heterocycles. The van der Waals surface area contributed by atoms with Crippen molar-refractivity contribution in [3.05, 3.63) is 30.1 Å². The van der Waals surface area contributed by atoms with Crippen LogP contribution in [0, 0.1) is 17.2 Å². The van der Waals surface area contributed by atoms with Crippen LogP contribution in [-0.4, -0.2) is 41.5 Å². The van der Waals surface area contributed by atoms with Crippen molar-refractivity contribution in [2.24, 2.45) is 11.3 Å². The fraction of sp³-hybridized carbons (Fsp3) is 0.467. The predicted octanol–water partition coefficient (Wildman–Crippen LogP) is 1.56. The highest BCUT2D eigenvalue weighted by Gasteiger charge is 2.62. The molecule has 1 aromatic carbocycles. The second kappa shape index (κ2) is 5.11. The number of fused-ring (bicyclic) bond motifs is 1. The fourth-order valence-electron chi connectivity index (χ4n) is 3.17. The third kappa shape index (κ3) is 2.76. The molecule has 2 atom stereocenters. The van der Waals surface area contributed by atoms with Gasteiger partial charge in [0.2, 0.25) is 5.91 Å². The Kier molecular flexibility index (Phi) is 3.41. The molecule has 1 aliphatic carbocycles. The first-order valence-corrected chi connectivity index (χ1v) is 7.01. The number of hydrogen-bond acceptors (Lipinski definition) is 3. The van der Waals surface area contributed by atoms with Crippen molar-refractivity contribution in [1.29, 1.82) is 0 Å². The maximum absolute atomic E-state index is 12.8. The molecule has 2 N–H and O–H groups in total. The zero-order valence-electron chi connectivity index (χ0n) is 11.5. The Hall–Kier alpha value is -1.95. The van der Waals surface area contributed by atoms with E-state index in [1.165, 1.54) is 24.3 Å². The molecule has 1 heterocycles.